The van der Waals surface area contributed by atoms with E-state index in [9.17, 15) is 9.59 Å². The number of benzene rings is 1. The van der Waals surface area contributed by atoms with Gasteiger partial charge in [0.15, 0.2) is 5.58 Å². The van der Waals surface area contributed by atoms with Crippen LogP contribution in [0.3, 0.4) is 0 Å². The predicted octanol–water partition coefficient (Wildman–Crippen LogP) is 1.96. The van der Waals surface area contributed by atoms with E-state index in [0.717, 1.165) is 31.9 Å². The molecule has 3 aromatic rings. The number of urea groups is 1. The average Bonchev–Trinajstić information content (AvgIpc) is 3.00. The molecule has 1 aromatic carbocycles. The van der Waals surface area contributed by atoms with E-state index in [0.29, 0.717) is 29.2 Å². The molecule has 28 heavy (non-hydrogen) atoms. The summed E-state index contributed by atoms with van der Waals surface area (Å²) in [5.41, 5.74) is 1.69. The summed E-state index contributed by atoms with van der Waals surface area (Å²) in [6.07, 6.45) is 5.56. The monoisotopic (exact) mass is 382 g/mol. The minimum absolute atomic E-state index is 0.286. The zero-order chi connectivity index (χ0) is 19.5. The first kappa shape index (κ1) is 18.0. The number of hydrogen-bond donors (Lipinski definition) is 2. The maximum atomic E-state index is 12.3. The molecule has 0 saturated carbocycles. The second-order valence-corrected chi connectivity index (χ2v) is 6.95. The molecule has 1 fully saturated rings. The smallest absolute Gasteiger partial charge is 0.408 e. The van der Waals surface area contributed by atoms with Crippen LogP contribution in [0.1, 0.15) is 12.8 Å². The van der Waals surface area contributed by atoms with Crippen molar-refractivity contribution >= 4 is 28.8 Å². The summed E-state index contributed by atoms with van der Waals surface area (Å²) in [7, 11) is 1.64. The quantitative estimate of drug-likeness (QED) is 0.715. The van der Waals surface area contributed by atoms with Gasteiger partial charge in [-0.2, -0.15) is 0 Å². The van der Waals surface area contributed by atoms with Crippen LogP contribution in [-0.2, 0) is 7.05 Å². The standard InChI is InChI=1S/C19H22N6O3/c1-24-15-6-5-14(10-16(15)28-19(24)27)23-18(26)22-11-13-4-2-9-25(12-13)17-20-7-3-8-21-17/h3,5-8,10,13H,2,4,9,11-12H2,1H3,(H2,22,23,26)/t13-/m0/s1. The van der Waals surface area contributed by atoms with E-state index in [-0.39, 0.29) is 6.03 Å². The molecule has 146 valence electrons. The van der Waals surface area contributed by atoms with Crippen LogP contribution in [0.2, 0.25) is 0 Å². The lowest BCUT2D eigenvalue weighted by molar-refractivity contribution is 0.249. The molecule has 1 aliphatic heterocycles. The molecule has 0 spiro atoms. The van der Waals surface area contributed by atoms with Gasteiger partial charge < -0.3 is 20.0 Å². The fourth-order valence-corrected chi connectivity index (χ4v) is 3.49. The van der Waals surface area contributed by atoms with Crippen molar-refractivity contribution in [1.82, 2.24) is 19.9 Å². The van der Waals surface area contributed by atoms with Crippen LogP contribution in [0.5, 0.6) is 0 Å². The highest BCUT2D eigenvalue weighted by Crippen LogP contribution is 2.20. The van der Waals surface area contributed by atoms with Gasteiger partial charge in [0.25, 0.3) is 0 Å². The SMILES string of the molecule is Cn1c(=O)oc2cc(NC(=O)NC[C@@H]3CCCN(c4ncccn4)C3)ccc21. The van der Waals surface area contributed by atoms with Gasteiger partial charge in [-0.05, 0) is 37.0 Å². The lowest BCUT2D eigenvalue weighted by Gasteiger charge is -2.32. The first-order valence-electron chi connectivity index (χ1n) is 9.26. The van der Waals surface area contributed by atoms with Gasteiger partial charge in [-0.15, -0.1) is 0 Å². The van der Waals surface area contributed by atoms with Crippen molar-refractivity contribution < 1.29 is 9.21 Å². The normalized spacial score (nSPS) is 16.9. The van der Waals surface area contributed by atoms with E-state index < -0.39 is 5.76 Å². The summed E-state index contributed by atoms with van der Waals surface area (Å²) >= 11 is 0. The van der Waals surface area contributed by atoms with Crippen molar-refractivity contribution in [3.8, 4) is 0 Å². The number of aromatic nitrogens is 3. The van der Waals surface area contributed by atoms with Gasteiger partial charge in [-0.3, -0.25) is 4.57 Å². The topological polar surface area (TPSA) is 105 Å². The third-order valence-electron chi connectivity index (χ3n) is 4.96. The predicted molar refractivity (Wildman–Crippen MR) is 105 cm³/mol. The number of anilines is 2. The average molecular weight is 382 g/mol. The van der Waals surface area contributed by atoms with Gasteiger partial charge in [0.2, 0.25) is 5.95 Å². The second-order valence-electron chi connectivity index (χ2n) is 6.95. The molecule has 9 heteroatoms. The molecule has 9 nitrogen and oxygen atoms in total. The summed E-state index contributed by atoms with van der Waals surface area (Å²) in [6, 6.07) is 6.65. The summed E-state index contributed by atoms with van der Waals surface area (Å²) in [4.78, 5) is 34.6. The Labute approximate surface area is 161 Å². The van der Waals surface area contributed by atoms with E-state index >= 15 is 0 Å². The molecular formula is C19H22N6O3. The highest BCUT2D eigenvalue weighted by atomic mass is 16.4. The second kappa shape index (κ2) is 7.71. The first-order valence-corrected chi connectivity index (χ1v) is 9.26. The Morgan fingerprint density at radius 2 is 2.14 bits per heavy atom. The Hall–Kier alpha value is -3.36. The fourth-order valence-electron chi connectivity index (χ4n) is 3.49. The molecule has 3 heterocycles. The van der Waals surface area contributed by atoms with Crippen molar-refractivity contribution in [3.05, 3.63) is 47.2 Å². The number of piperidine rings is 1. The molecule has 0 radical (unpaired) electrons. The summed E-state index contributed by atoms with van der Waals surface area (Å²) in [6.45, 7) is 2.30. The third-order valence-corrected chi connectivity index (χ3v) is 4.96. The molecule has 0 aliphatic carbocycles. The van der Waals surface area contributed by atoms with Crippen LogP contribution in [0.15, 0.2) is 45.9 Å². The van der Waals surface area contributed by atoms with Crippen LogP contribution < -0.4 is 21.3 Å². The number of carbonyl (C=O) groups excluding carboxylic acids is 1. The molecule has 2 amide bonds. The number of nitrogens with one attached hydrogen (secondary N) is 2. The molecule has 1 aliphatic rings. The van der Waals surface area contributed by atoms with Crippen molar-refractivity contribution in [1.29, 1.82) is 0 Å². The number of fused-ring (bicyclic) bond motifs is 1. The molecule has 1 saturated heterocycles. The van der Waals surface area contributed by atoms with E-state index in [1.54, 1.807) is 43.7 Å². The molecule has 2 aromatic heterocycles. The van der Waals surface area contributed by atoms with Gasteiger partial charge >= 0.3 is 11.8 Å². The van der Waals surface area contributed by atoms with Crippen LogP contribution >= 0.6 is 0 Å². The van der Waals surface area contributed by atoms with Gasteiger partial charge in [-0.1, -0.05) is 0 Å². The van der Waals surface area contributed by atoms with Crippen LogP contribution in [0.25, 0.3) is 11.1 Å². The summed E-state index contributed by atoms with van der Waals surface area (Å²) in [5, 5.41) is 5.71. The molecule has 2 N–H and O–H groups in total. The maximum absolute atomic E-state index is 12.3. The van der Waals surface area contributed by atoms with Crippen molar-refractivity contribution in [2.45, 2.75) is 12.8 Å². The number of carbonyl (C=O) groups is 1. The number of nitrogens with zero attached hydrogens (tertiary/aromatic N) is 4. The number of oxazole rings is 1. The minimum atomic E-state index is -0.430. The van der Waals surface area contributed by atoms with Crippen molar-refractivity contribution in [2.75, 3.05) is 29.9 Å². The lowest BCUT2D eigenvalue weighted by Crippen LogP contribution is -2.42. The van der Waals surface area contributed by atoms with E-state index in [2.05, 4.69) is 25.5 Å². The number of aryl methyl sites for hydroxylation is 1. The Morgan fingerprint density at radius 1 is 1.32 bits per heavy atom. The third kappa shape index (κ3) is 3.83. The Morgan fingerprint density at radius 3 is 2.96 bits per heavy atom. The van der Waals surface area contributed by atoms with Crippen molar-refractivity contribution in [3.63, 3.8) is 0 Å². The Kier molecular flexibility index (Phi) is 4.96. The Balaban J connectivity index is 1.32. The number of rotatable bonds is 4. The molecular weight excluding hydrogens is 360 g/mol. The van der Waals surface area contributed by atoms with Crippen LogP contribution in [0.4, 0.5) is 16.4 Å². The lowest BCUT2D eigenvalue weighted by atomic mass is 9.98. The van der Waals surface area contributed by atoms with Gasteiger partial charge in [-0.25, -0.2) is 19.6 Å². The molecule has 0 bridgehead atoms. The van der Waals surface area contributed by atoms with Crippen molar-refractivity contribution in [2.24, 2.45) is 13.0 Å². The molecule has 4 rings (SSSR count). The van der Waals surface area contributed by atoms with Gasteiger partial charge in [0, 0.05) is 50.8 Å². The number of hydrogen-bond acceptors (Lipinski definition) is 6. The largest absolute Gasteiger partial charge is 0.419 e. The van der Waals surface area contributed by atoms with E-state index in [1.165, 1.54) is 4.57 Å². The Bertz CT molecular complexity index is 1030. The minimum Gasteiger partial charge on any atom is -0.408 e. The highest BCUT2D eigenvalue weighted by molar-refractivity contribution is 5.91. The molecule has 1 atom stereocenters. The van der Waals surface area contributed by atoms with Crippen LogP contribution in [0, 0.1) is 5.92 Å². The zero-order valence-electron chi connectivity index (χ0n) is 15.6. The maximum Gasteiger partial charge on any atom is 0.419 e. The summed E-state index contributed by atoms with van der Waals surface area (Å²) < 4.78 is 6.57. The van der Waals surface area contributed by atoms with E-state index in [4.69, 9.17) is 4.42 Å². The summed E-state index contributed by atoms with van der Waals surface area (Å²) in [5.74, 6) is 0.632. The van der Waals surface area contributed by atoms with E-state index in [1.807, 2.05) is 0 Å². The fraction of sp³-hybridized carbons (Fsp3) is 0.368. The number of amides is 2. The highest BCUT2D eigenvalue weighted by Gasteiger charge is 2.22. The molecule has 0 unspecified atom stereocenters. The van der Waals surface area contributed by atoms with Gasteiger partial charge in [0.1, 0.15) is 0 Å². The zero-order valence-corrected chi connectivity index (χ0v) is 15.6. The van der Waals surface area contributed by atoms with Crippen LogP contribution in [-0.4, -0.2) is 40.2 Å². The first-order chi connectivity index (χ1) is 13.6. The van der Waals surface area contributed by atoms with Gasteiger partial charge in [0.05, 0.1) is 5.52 Å².